The number of hydrogen-bond acceptors (Lipinski definition) is 5. The van der Waals surface area contributed by atoms with Crippen molar-refractivity contribution < 1.29 is 4.79 Å². The van der Waals surface area contributed by atoms with E-state index in [0.29, 0.717) is 23.7 Å². The number of carbonyl (C=O) groups is 1. The Morgan fingerprint density at radius 2 is 1.90 bits per heavy atom. The molecule has 6 heteroatoms. The molecule has 2 rings (SSSR count). The molecule has 2 aromatic heterocycles. The molecular weight excluding hydrogens is 254 g/mol. The van der Waals surface area contributed by atoms with Crippen molar-refractivity contribution in [3.05, 3.63) is 42.0 Å². The number of carbonyl (C=O) groups excluding carboxylic acids is 1. The lowest BCUT2D eigenvalue weighted by Gasteiger charge is -2.06. The molecule has 20 heavy (non-hydrogen) atoms. The first-order valence-corrected chi connectivity index (χ1v) is 6.49. The Kier molecular flexibility index (Phi) is 4.60. The third kappa shape index (κ3) is 3.74. The van der Waals surface area contributed by atoms with E-state index in [1.807, 2.05) is 13.8 Å². The highest BCUT2D eigenvalue weighted by Gasteiger charge is 2.05. The molecule has 6 nitrogen and oxygen atoms in total. The monoisotopic (exact) mass is 271 g/mol. The summed E-state index contributed by atoms with van der Waals surface area (Å²) < 4.78 is 0. The number of nitrogens with zero attached hydrogens (tertiary/aromatic N) is 3. The second-order valence-corrected chi connectivity index (χ2v) is 4.36. The van der Waals surface area contributed by atoms with Crippen LogP contribution in [0.4, 0.5) is 11.6 Å². The summed E-state index contributed by atoms with van der Waals surface area (Å²) in [5, 5.41) is 5.83. The molecule has 0 spiro atoms. The van der Waals surface area contributed by atoms with E-state index in [-0.39, 0.29) is 5.91 Å². The van der Waals surface area contributed by atoms with E-state index >= 15 is 0 Å². The van der Waals surface area contributed by atoms with Gasteiger partial charge in [-0.05, 0) is 25.5 Å². The second-order valence-electron chi connectivity index (χ2n) is 4.36. The fourth-order valence-electron chi connectivity index (χ4n) is 1.53. The van der Waals surface area contributed by atoms with Gasteiger partial charge in [0.05, 0.1) is 23.7 Å². The van der Waals surface area contributed by atoms with Crippen molar-refractivity contribution in [2.24, 2.45) is 0 Å². The maximum atomic E-state index is 11.7. The predicted molar refractivity (Wildman–Crippen MR) is 76.9 cm³/mol. The summed E-state index contributed by atoms with van der Waals surface area (Å²) in [5.74, 6) is 1.13. The average Bonchev–Trinajstić information content (AvgIpc) is 2.48. The Hall–Kier alpha value is -2.50. The van der Waals surface area contributed by atoms with Crippen LogP contribution in [0.25, 0.3) is 0 Å². The highest BCUT2D eigenvalue weighted by atomic mass is 16.1. The van der Waals surface area contributed by atoms with Gasteiger partial charge in [-0.25, -0.2) is 9.97 Å². The van der Waals surface area contributed by atoms with Gasteiger partial charge < -0.3 is 10.6 Å². The van der Waals surface area contributed by atoms with E-state index in [0.717, 1.165) is 12.1 Å². The van der Waals surface area contributed by atoms with Crippen LogP contribution in [0.15, 0.2) is 30.7 Å². The van der Waals surface area contributed by atoms with E-state index < -0.39 is 0 Å². The zero-order valence-corrected chi connectivity index (χ0v) is 11.6. The van der Waals surface area contributed by atoms with Crippen LogP contribution in [0.3, 0.4) is 0 Å². The first kappa shape index (κ1) is 13.9. The van der Waals surface area contributed by atoms with Gasteiger partial charge in [0.1, 0.15) is 11.6 Å². The van der Waals surface area contributed by atoms with Gasteiger partial charge in [0.25, 0.3) is 5.91 Å². The van der Waals surface area contributed by atoms with Gasteiger partial charge in [-0.1, -0.05) is 6.92 Å². The van der Waals surface area contributed by atoms with Crippen LogP contribution in [-0.2, 0) is 0 Å². The second kappa shape index (κ2) is 6.60. The summed E-state index contributed by atoms with van der Waals surface area (Å²) in [5.41, 5.74) is 1.39. The van der Waals surface area contributed by atoms with Crippen molar-refractivity contribution in [1.29, 1.82) is 0 Å². The van der Waals surface area contributed by atoms with Gasteiger partial charge in [0, 0.05) is 12.7 Å². The van der Waals surface area contributed by atoms with Crippen molar-refractivity contribution in [2.75, 3.05) is 11.9 Å². The molecule has 2 aromatic rings. The minimum atomic E-state index is -0.110. The lowest BCUT2D eigenvalue weighted by atomic mass is 10.2. The molecule has 104 valence electrons. The largest absolute Gasteiger partial charge is 0.352 e. The van der Waals surface area contributed by atoms with E-state index in [4.69, 9.17) is 0 Å². The minimum absolute atomic E-state index is 0.110. The van der Waals surface area contributed by atoms with E-state index in [2.05, 4.69) is 25.6 Å². The Balaban J connectivity index is 2.01. The number of nitrogens with one attached hydrogen (secondary N) is 2. The maximum Gasteiger partial charge on any atom is 0.252 e. The standard InChI is InChI=1S/C14H17N5O/c1-3-6-15-14(20)11-4-5-12(18-8-11)19-13-9-16-10(2)7-17-13/h4-5,7-9H,3,6H2,1-2H3,(H,15,20)(H,17,18,19). The first-order valence-electron chi connectivity index (χ1n) is 6.49. The third-order valence-corrected chi connectivity index (χ3v) is 2.60. The molecule has 0 bridgehead atoms. The van der Waals surface area contributed by atoms with Crippen molar-refractivity contribution in [3.63, 3.8) is 0 Å². The number of pyridine rings is 1. The molecule has 0 saturated heterocycles. The van der Waals surface area contributed by atoms with Crippen molar-refractivity contribution in [3.8, 4) is 0 Å². The third-order valence-electron chi connectivity index (χ3n) is 2.60. The van der Waals surface area contributed by atoms with Gasteiger partial charge in [0.15, 0.2) is 0 Å². The van der Waals surface area contributed by atoms with E-state index in [1.165, 1.54) is 6.20 Å². The lowest BCUT2D eigenvalue weighted by Crippen LogP contribution is -2.24. The van der Waals surface area contributed by atoms with E-state index in [9.17, 15) is 4.79 Å². The fraction of sp³-hybridized carbons (Fsp3) is 0.286. The molecule has 0 aromatic carbocycles. The summed E-state index contributed by atoms with van der Waals surface area (Å²) in [6.07, 6.45) is 5.76. The molecule has 0 radical (unpaired) electrons. The molecule has 0 atom stereocenters. The van der Waals surface area contributed by atoms with Crippen LogP contribution in [-0.4, -0.2) is 27.4 Å². The Morgan fingerprint density at radius 3 is 2.50 bits per heavy atom. The number of rotatable bonds is 5. The highest BCUT2D eigenvalue weighted by molar-refractivity contribution is 5.94. The summed E-state index contributed by atoms with van der Waals surface area (Å²) in [6, 6.07) is 3.46. The van der Waals surface area contributed by atoms with Crippen LogP contribution < -0.4 is 10.6 Å². The smallest absolute Gasteiger partial charge is 0.252 e. The molecule has 0 aliphatic rings. The normalized spacial score (nSPS) is 10.1. The van der Waals surface area contributed by atoms with Gasteiger partial charge in [-0.15, -0.1) is 0 Å². The zero-order valence-electron chi connectivity index (χ0n) is 11.6. The Bertz CT molecular complexity index is 565. The van der Waals surface area contributed by atoms with Crippen molar-refractivity contribution in [2.45, 2.75) is 20.3 Å². The Morgan fingerprint density at radius 1 is 1.10 bits per heavy atom. The highest BCUT2D eigenvalue weighted by Crippen LogP contribution is 2.11. The fourth-order valence-corrected chi connectivity index (χ4v) is 1.53. The molecule has 2 heterocycles. The number of aryl methyl sites for hydroxylation is 1. The van der Waals surface area contributed by atoms with Crippen molar-refractivity contribution in [1.82, 2.24) is 20.3 Å². The molecule has 0 saturated carbocycles. The molecular formula is C14H17N5O. The first-order chi connectivity index (χ1) is 9.69. The van der Waals surface area contributed by atoms with Gasteiger partial charge in [-0.3, -0.25) is 9.78 Å². The molecule has 0 aliphatic carbocycles. The Labute approximate surface area is 117 Å². The van der Waals surface area contributed by atoms with E-state index in [1.54, 1.807) is 24.5 Å². The zero-order chi connectivity index (χ0) is 14.4. The van der Waals surface area contributed by atoms with Crippen LogP contribution in [0, 0.1) is 6.92 Å². The van der Waals surface area contributed by atoms with Crippen LogP contribution in [0.5, 0.6) is 0 Å². The van der Waals surface area contributed by atoms with Crippen LogP contribution in [0.1, 0.15) is 29.4 Å². The molecule has 0 aliphatic heterocycles. The predicted octanol–water partition coefficient (Wildman–Crippen LogP) is 2.06. The summed E-state index contributed by atoms with van der Waals surface area (Å²) >= 11 is 0. The SMILES string of the molecule is CCCNC(=O)c1ccc(Nc2cnc(C)cn2)nc1. The van der Waals surface area contributed by atoms with Crippen LogP contribution in [0.2, 0.25) is 0 Å². The molecule has 1 amide bonds. The number of aromatic nitrogens is 3. The summed E-state index contributed by atoms with van der Waals surface area (Å²) in [4.78, 5) is 24.2. The molecule has 0 unspecified atom stereocenters. The molecule has 2 N–H and O–H groups in total. The maximum absolute atomic E-state index is 11.7. The van der Waals surface area contributed by atoms with Gasteiger partial charge in [0.2, 0.25) is 0 Å². The number of hydrogen-bond donors (Lipinski definition) is 2. The minimum Gasteiger partial charge on any atom is -0.352 e. The summed E-state index contributed by atoms with van der Waals surface area (Å²) in [7, 11) is 0. The number of anilines is 2. The topological polar surface area (TPSA) is 79.8 Å². The molecule has 0 fully saturated rings. The van der Waals surface area contributed by atoms with Crippen molar-refractivity contribution >= 4 is 17.5 Å². The summed E-state index contributed by atoms with van der Waals surface area (Å²) in [6.45, 7) is 4.55. The number of amides is 1. The van der Waals surface area contributed by atoms with Gasteiger partial charge >= 0.3 is 0 Å². The lowest BCUT2D eigenvalue weighted by molar-refractivity contribution is 0.0953. The quantitative estimate of drug-likeness (QED) is 0.870. The average molecular weight is 271 g/mol. The van der Waals surface area contributed by atoms with Gasteiger partial charge in [-0.2, -0.15) is 0 Å². The van der Waals surface area contributed by atoms with Crippen LogP contribution >= 0.6 is 0 Å².